The van der Waals surface area contributed by atoms with Gasteiger partial charge in [0.2, 0.25) is 0 Å². The minimum atomic E-state index is -0.842. The van der Waals surface area contributed by atoms with Crippen molar-refractivity contribution >= 4 is 31.9 Å². The van der Waals surface area contributed by atoms with Gasteiger partial charge in [0.05, 0.1) is 7.11 Å². The van der Waals surface area contributed by atoms with Gasteiger partial charge in [0, 0.05) is 4.92 Å². The minimum Gasteiger partial charge on any atom is -0.497 e. The van der Waals surface area contributed by atoms with Crippen molar-refractivity contribution in [2.75, 3.05) is 7.11 Å². The topological polar surface area (TPSA) is 52.4 Å². The summed E-state index contributed by atoms with van der Waals surface area (Å²) in [6.07, 6.45) is 0. The molecule has 0 saturated heterocycles. The van der Waals surface area contributed by atoms with E-state index in [4.69, 9.17) is 4.74 Å². The molecule has 6 heteroatoms. The van der Waals surface area contributed by atoms with Crippen molar-refractivity contribution < 1.29 is 9.66 Å². The number of hydrogen-bond acceptors (Lipinski definition) is 3. The molecule has 0 heterocycles. The Balaban J connectivity index is 2.82. The maximum absolute atomic E-state index is 10.5. The molecular weight excluding hydrogens is 330 g/mol. The van der Waals surface area contributed by atoms with E-state index in [-0.39, 0.29) is 9.75 Å². The van der Waals surface area contributed by atoms with E-state index < -0.39 is 4.95 Å². The number of halogens is 2. The quantitative estimate of drug-likeness (QED) is 0.367. The standard InChI is InChI=1S/C9H9Br2NO3/c1-15-7-4-2-6(3-5-7)8(10)9(11)12(13)14/h2-5,8-9H,1H3/t8-,9+/m0/s1. The van der Waals surface area contributed by atoms with E-state index in [1.165, 1.54) is 0 Å². The highest BCUT2D eigenvalue weighted by Gasteiger charge is 2.27. The maximum Gasteiger partial charge on any atom is 0.282 e. The predicted molar refractivity (Wildman–Crippen MR) is 64.4 cm³/mol. The monoisotopic (exact) mass is 337 g/mol. The molecule has 0 radical (unpaired) electrons. The molecule has 1 aromatic carbocycles. The molecule has 0 spiro atoms. The fraction of sp³-hybridized carbons (Fsp3) is 0.333. The van der Waals surface area contributed by atoms with Gasteiger partial charge in [-0.05, 0) is 33.6 Å². The summed E-state index contributed by atoms with van der Waals surface area (Å²) in [4.78, 5) is 8.95. The third-order valence-corrected chi connectivity index (χ3v) is 4.48. The van der Waals surface area contributed by atoms with Crippen molar-refractivity contribution in [2.45, 2.75) is 9.78 Å². The lowest BCUT2D eigenvalue weighted by Gasteiger charge is -2.10. The molecule has 0 fully saturated rings. The second kappa shape index (κ2) is 5.46. The molecule has 0 bridgehead atoms. The molecule has 0 unspecified atom stereocenters. The zero-order valence-corrected chi connectivity index (χ0v) is 11.1. The van der Waals surface area contributed by atoms with Crippen LogP contribution in [0.15, 0.2) is 24.3 Å². The van der Waals surface area contributed by atoms with E-state index in [1.54, 1.807) is 31.4 Å². The highest BCUT2D eigenvalue weighted by molar-refractivity contribution is 9.12. The Bertz CT molecular complexity index is 342. The number of benzene rings is 1. The summed E-state index contributed by atoms with van der Waals surface area (Å²) >= 11 is 6.27. The van der Waals surface area contributed by atoms with E-state index >= 15 is 0 Å². The second-order valence-electron chi connectivity index (χ2n) is 2.83. The zero-order chi connectivity index (χ0) is 11.4. The average molecular weight is 339 g/mol. The molecule has 0 aliphatic carbocycles. The Morgan fingerprint density at radius 3 is 2.27 bits per heavy atom. The molecule has 1 aromatic rings. The van der Waals surface area contributed by atoms with Crippen LogP contribution >= 0.6 is 31.9 Å². The summed E-state index contributed by atoms with van der Waals surface area (Å²) in [6.45, 7) is 0. The first-order chi connectivity index (χ1) is 7.06. The molecule has 0 amide bonds. The number of rotatable bonds is 4. The van der Waals surface area contributed by atoms with Crippen LogP contribution in [-0.4, -0.2) is 17.0 Å². The largest absolute Gasteiger partial charge is 0.497 e. The Morgan fingerprint density at radius 2 is 1.87 bits per heavy atom. The minimum absolute atomic E-state index is 0.363. The fourth-order valence-corrected chi connectivity index (χ4v) is 1.86. The van der Waals surface area contributed by atoms with Crippen molar-refractivity contribution in [1.29, 1.82) is 0 Å². The van der Waals surface area contributed by atoms with Crippen molar-refractivity contribution in [3.05, 3.63) is 39.9 Å². The van der Waals surface area contributed by atoms with Crippen LogP contribution in [0.5, 0.6) is 5.75 Å². The Hall–Kier alpha value is -0.620. The maximum atomic E-state index is 10.5. The second-order valence-corrected chi connectivity index (χ2v) is 4.76. The van der Waals surface area contributed by atoms with Crippen molar-refractivity contribution in [3.8, 4) is 5.75 Å². The number of ether oxygens (including phenoxy) is 1. The highest BCUT2D eigenvalue weighted by atomic mass is 79.9. The summed E-state index contributed by atoms with van der Waals surface area (Å²) in [5.74, 6) is 0.727. The average Bonchev–Trinajstić information content (AvgIpc) is 2.27. The molecule has 2 atom stereocenters. The van der Waals surface area contributed by atoms with E-state index in [1.807, 2.05) is 0 Å². The van der Waals surface area contributed by atoms with Crippen LogP contribution in [0.4, 0.5) is 0 Å². The fourth-order valence-electron chi connectivity index (χ4n) is 1.05. The van der Waals surface area contributed by atoms with Gasteiger partial charge >= 0.3 is 0 Å². The lowest BCUT2D eigenvalue weighted by atomic mass is 10.1. The summed E-state index contributed by atoms with van der Waals surface area (Å²) in [5.41, 5.74) is 0.828. The third kappa shape index (κ3) is 3.17. The number of nitrogens with zero attached hydrogens (tertiary/aromatic N) is 1. The molecule has 0 aromatic heterocycles. The molecule has 0 saturated carbocycles. The van der Waals surface area contributed by atoms with Gasteiger partial charge in [-0.1, -0.05) is 28.1 Å². The van der Waals surface area contributed by atoms with Gasteiger partial charge in [0.1, 0.15) is 10.6 Å². The number of alkyl halides is 2. The first-order valence-electron chi connectivity index (χ1n) is 4.12. The SMILES string of the molecule is COc1ccc([C@H](Br)[C@H](Br)[N+](=O)[O-])cc1. The van der Waals surface area contributed by atoms with Gasteiger partial charge < -0.3 is 4.74 Å². The van der Waals surface area contributed by atoms with Crippen LogP contribution < -0.4 is 4.74 Å². The molecule has 82 valence electrons. The van der Waals surface area contributed by atoms with Crippen LogP contribution in [-0.2, 0) is 0 Å². The number of methoxy groups -OCH3 is 1. The van der Waals surface area contributed by atoms with Crippen LogP contribution in [0.1, 0.15) is 10.4 Å². The van der Waals surface area contributed by atoms with E-state index in [0.717, 1.165) is 11.3 Å². The summed E-state index contributed by atoms with van der Waals surface area (Å²) in [5, 5.41) is 10.5. The molecule has 15 heavy (non-hydrogen) atoms. The normalized spacial score (nSPS) is 14.3. The van der Waals surface area contributed by atoms with Crippen LogP contribution in [0.3, 0.4) is 0 Å². The predicted octanol–water partition coefficient (Wildman–Crippen LogP) is 3.13. The van der Waals surface area contributed by atoms with Gasteiger partial charge in [-0.15, -0.1) is 0 Å². The lowest BCUT2D eigenvalue weighted by Crippen LogP contribution is -2.16. The molecule has 0 aliphatic heterocycles. The van der Waals surface area contributed by atoms with Crippen LogP contribution in [0.25, 0.3) is 0 Å². The molecule has 1 rings (SSSR count). The van der Waals surface area contributed by atoms with E-state index in [0.29, 0.717) is 0 Å². The third-order valence-electron chi connectivity index (χ3n) is 1.88. The summed E-state index contributed by atoms with van der Waals surface area (Å²) in [7, 11) is 1.57. The summed E-state index contributed by atoms with van der Waals surface area (Å²) < 4.78 is 5.00. The zero-order valence-electron chi connectivity index (χ0n) is 7.89. The van der Waals surface area contributed by atoms with E-state index in [9.17, 15) is 10.1 Å². The highest BCUT2D eigenvalue weighted by Crippen LogP contribution is 2.32. The van der Waals surface area contributed by atoms with Crippen LogP contribution in [0, 0.1) is 10.1 Å². The first-order valence-corrected chi connectivity index (χ1v) is 5.95. The molecule has 4 nitrogen and oxygen atoms in total. The Kier molecular flexibility index (Phi) is 4.53. The lowest BCUT2D eigenvalue weighted by molar-refractivity contribution is -0.492. The number of nitro groups is 1. The number of hydrogen-bond donors (Lipinski definition) is 0. The van der Waals surface area contributed by atoms with Gasteiger partial charge in [-0.2, -0.15) is 0 Å². The van der Waals surface area contributed by atoms with Gasteiger partial charge in [0.15, 0.2) is 0 Å². The smallest absolute Gasteiger partial charge is 0.282 e. The van der Waals surface area contributed by atoms with Crippen LogP contribution in [0.2, 0.25) is 0 Å². The molecule has 0 aliphatic rings. The van der Waals surface area contributed by atoms with Crippen molar-refractivity contribution in [1.82, 2.24) is 0 Å². The van der Waals surface area contributed by atoms with Gasteiger partial charge in [-0.3, -0.25) is 10.1 Å². The molecule has 0 N–H and O–H groups in total. The summed E-state index contributed by atoms with van der Waals surface area (Å²) in [6, 6.07) is 7.11. The van der Waals surface area contributed by atoms with E-state index in [2.05, 4.69) is 31.9 Å². The van der Waals surface area contributed by atoms with Gasteiger partial charge in [-0.25, -0.2) is 0 Å². The molecular formula is C9H9Br2NO3. The van der Waals surface area contributed by atoms with Crippen molar-refractivity contribution in [3.63, 3.8) is 0 Å². The Labute approximate surface area is 104 Å². The Morgan fingerprint density at radius 1 is 1.33 bits per heavy atom. The van der Waals surface area contributed by atoms with Gasteiger partial charge in [0.25, 0.3) is 4.95 Å². The first kappa shape index (κ1) is 12.4. The van der Waals surface area contributed by atoms with Crippen molar-refractivity contribution in [2.24, 2.45) is 0 Å².